The predicted octanol–water partition coefficient (Wildman–Crippen LogP) is 2.15. The van der Waals surface area contributed by atoms with Gasteiger partial charge in [-0.1, -0.05) is 19.8 Å². The number of hydrogen-bond donors (Lipinski definition) is 2. The molecule has 0 aromatic carbocycles. The minimum absolute atomic E-state index is 0.0425. The van der Waals surface area contributed by atoms with Gasteiger partial charge in [0.15, 0.2) is 0 Å². The van der Waals surface area contributed by atoms with Gasteiger partial charge in [0.25, 0.3) is 0 Å². The number of aryl methyl sites for hydroxylation is 1. The molecule has 0 spiro atoms. The molecule has 2 N–H and O–H groups in total. The van der Waals surface area contributed by atoms with E-state index in [1.807, 2.05) is 0 Å². The molecule has 6 heteroatoms. The highest BCUT2D eigenvalue weighted by Gasteiger charge is 2.26. The van der Waals surface area contributed by atoms with Crippen LogP contribution in [0.2, 0.25) is 0 Å². The highest BCUT2D eigenvalue weighted by molar-refractivity contribution is 7.89. The van der Waals surface area contributed by atoms with E-state index in [-0.39, 0.29) is 17.5 Å². The molecule has 5 nitrogen and oxygen atoms in total. The van der Waals surface area contributed by atoms with Crippen LogP contribution in [0.5, 0.6) is 0 Å². The lowest BCUT2D eigenvalue weighted by Crippen LogP contribution is -2.37. The first-order chi connectivity index (χ1) is 9.96. The average Bonchev–Trinajstić information content (AvgIpc) is 2.83. The Hall–Kier alpha value is -0.850. The van der Waals surface area contributed by atoms with Gasteiger partial charge in [0.05, 0.1) is 11.5 Å². The molecule has 0 atom stereocenters. The van der Waals surface area contributed by atoms with Crippen LogP contribution in [-0.2, 0) is 23.7 Å². The average molecular weight is 314 g/mol. The summed E-state index contributed by atoms with van der Waals surface area (Å²) in [5.74, 6) is 0.758. The topological polar surface area (TPSA) is 71.3 Å². The van der Waals surface area contributed by atoms with Crippen molar-refractivity contribution in [2.75, 3.05) is 0 Å². The lowest BCUT2D eigenvalue weighted by Gasteiger charge is -2.28. The van der Waals surface area contributed by atoms with Gasteiger partial charge < -0.3 is 9.67 Å². The molecule has 1 aromatic heterocycles. The zero-order valence-electron chi connectivity index (χ0n) is 12.9. The highest BCUT2D eigenvalue weighted by atomic mass is 32.2. The molecule has 1 saturated carbocycles. The van der Waals surface area contributed by atoms with E-state index in [0.717, 1.165) is 31.6 Å². The van der Waals surface area contributed by atoms with Crippen molar-refractivity contribution in [1.29, 1.82) is 0 Å². The van der Waals surface area contributed by atoms with E-state index in [2.05, 4.69) is 11.6 Å². The number of sulfonamides is 1. The van der Waals surface area contributed by atoms with Gasteiger partial charge in [0, 0.05) is 25.0 Å². The minimum atomic E-state index is -3.48. The van der Waals surface area contributed by atoms with Crippen molar-refractivity contribution in [3.05, 3.63) is 18.0 Å². The van der Waals surface area contributed by atoms with Crippen molar-refractivity contribution in [3.63, 3.8) is 0 Å². The van der Waals surface area contributed by atoms with E-state index >= 15 is 0 Å². The van der Waals surface area contributed by atoms with Crippen LogP contribution in [0.25, 0.3) is 0 Å². The molecule has 0 aliphatic heterocycles. The number of aromatic nitrogens is 1. The summed E-state index contributed by atoms with van der Waals surface area (Å²) in [6, 6.07) is 1.58. The Bertz CT molecular complexity index is 557. The summed E-state index contributed by atoms with van der Waals surface area (Å²) in [4.78, 5) is 0.240. The Morgan fingerprint density at radius 1 is 1.33 bits per heavy atom. The molecule has 1 fully saturated rings. The fourth-order valence-electron chi connectivity index (χ4n) is 3.15. The van der Waals surface area contributed by atoms with Crippen LogP contribution in [-0.4, -0.2) is 24.1 Å². The third kappa shape index (κ3) is 4.08. The van der Waals surface area contributed by atoms with Gasteiger partial charge in [-0.05, 0) is 37.7 Å². The Morgan fingerprint density at radius 3 is 2.52 bits per heavy atom. The van der Waals surface area contributed by atoms with Crippen LogP contribution >= 0.6 is 0 Å². The molecular weight excluding hydrogens is 288 g/mol. The van der Waals surface area contributed by atoms with E-state index in [1.165, 1.54) is 18.9 Å². The maximum absolute atomic E-state index is 12.4. The molecule has 21 heavy (non-hydrogen) atoms. The summed E-state index contributed by atoms with van der Waals surface area (Å²) in [5.41, 5.74) is 0.599. The summed E-state index contributed by atoms with van der Waals surface area (Å²) < 4.78 is 29.2. The summed E-state index contributed by atoms with van der Waals surface area (Å²) in [6.45, 7) is 2.04. The second-order valence-electron chi connectivity index (χ2n) is 6.06. The van der Waals surface area contributed by atoms with E-state index in [4.69, 9.17) is 5.11 Å². The fraction of sp³-hybridized carbons (Fsp3) is 0.733. The molecule has 2 rings (SSSR count). The summed E-state index contributed by atoms with van der Waals surface area (Å²) in [6.07, 6.45) is 8.06. The van der Waals surface area contributed by atoms with Crippen molar-refractivity contribution in [2.45, 2.75) is 63.0 Å². The van der Waals surface area contributed by atoms with E-state index in [1.54, 1.807) is 17.8 Å². The number of aliphatic hydroxyl groups is 1. The molecule has 0 bridgehead atoms. The van der Waals surface area contributed by atoms with E-state index < -0.39 is 10.0 Å². The molecule has 1 aliphatic rings. The van der Waals surface area contributed by atoms with Crippen LogP contribution in [0.1, 0.15) is 51.1 Å². The molecule has 1 heterocycles. The van der Waals surface area contributed by atoms with Crippen LogP contribution in [0.15, 0.2) is 17.2 Å². The van der Waals surface area contributed by atoms with Gasteiger partial charge in [0.1, 0.15) is 0 Å². The predicted molar refractivity (Wildman–Crippen MR) is 82.3 cm³/mol. The summed E-state index contributed by atoms with van der Waals surface area (Å²) in [7, 11) is -1.75. The second-order valence-corrected chi connectivity index (χ2v) is 7.78. The van der Waals surface area contributed by atoms with Crippen molar-refractivity contribution in [3.8, 4) is 0 Å². The Labute approximate surface area is 127 Å². The SMILES string of the molecule is CCCC1CCC(NS(=O)(=O)c2cc(CO)n(C)c2)CC1. The Morgan fingerprint density at radius 2 is 2.00 bits per heavy atom. The molecule has 0 amide bonds. The van der Waals surface area contributed by atoms with Crippen LogP contribution in [0.3, 0.4) is 0 Å². The smallest absolute Gasteiger partial charge is 0.242 e. The third-order valence-electron chi connectivity index (χ3n) is 4.42. The normalized spacial score (nSPS) is 23.4. The zero-order chi connectivity index (χ0) is 15.5. The Kier molecular flexibility index (Phi) is 5.46. The lowest BCUT2D eigenvalue weighted by atomic mass is 9.84. The second kappa shape index (κ2) is 6.94. The van der Waals surface area contributed by atoms with Crippen molar-refractivity contribution in [2.24, 2.45) is 13.0 Å². The monoisotopic (exact) mass is 314 g/mol. The first kappa shape index (κ1) is 16.5. The van der Waals surface area contributed by atoms with Crippen LogP contribution in [0, 0.1) is 5.92 Å². The first-order valence-corrected chi connectivity index (χ1v) is 9.23. The molecule has 0 saturated heterocycles. The Balaban J connectivity index is 1.98. The van der Waals surface area contributed by atoms with Crippen LogP contribution < -0.4 is 4.72 Å². The van der Waals surface area contributed by atoms with Crippen molar-refractivity contribution >= 4 is 10.0 Å². The summed E-state index contributed by atoms with van der Waals surface area (Å²) >= 11 is 0. The molecule has 1 aliphatic carbocycles. The molecule has 0 unspecified atom stereocenters. The minimum Gasteiger partial charge on any atom is -0.390 e. The largest absolute Gasteiger partial charge is 0.390 e. The molecular formula is C15H26N2O3S. The van der Waals surface area contributed by atoms with Gasteiger partial charge in [-0.2, -0.15) is 0 Å². The number of rotatable bonds is 6. The molecule has 120 valence electrons. The fourth-order valence-corrected chi connectivity index (χ4v) is 4.54. The molecule has 0 radical (unpaired) electrons. The van der Waals surface area contributed by atoms with Crippen molar-refractivity contribution < 1.29 is 13.5 Å². The maximum atomic E-state index is 12.4. The highest BCUT2D eigenvalue weighted by Crippen LogP contribution is 2.28. The standard InChI is InChI=1S/C15H26N2O3S/c1-3-4-12-5-7-13(8-6-12)16-21(19,20)15-9-14(11-18)17(2)10-15/h9-10,12-13,16,18H,3-8,11H2,1-2H3. The molecule has 1 aromatic rings. The number of nitrogens with one attached hydrogen (secondary N) is 1. The van der Waals surface area contributed by atoms with E-state index in [0.29, 0.717) is 5.69 Å². The quantitative estimate of drug-likeness (QED) is 0.845. The van der Waals surface area contributed by atoms with Gasteiger partial charge in [-0.25, -0.2) is 13.1 Å². The van der Waals surface area contributed by atoms with Gasteiger partial charge in [0.2, 0.25) is 10.0 Å². The van der Waals surface area contributed by atoms with E-state index in [9.17, 15) is 8.42 Å². The van der Waals surface area contributed by atoms with Crippen LogP contribution in [0.4, 0.5) is 0 Å². The third-order valence-corrected chi connectivity index (χ3v) is 5.91. The summed E-state index contributed by atoms with van der Waals surface area (Å²) in [5, 5.41) is 9.16. The van der Waals surface area contributed by atoms with Gasteiger partial charge in [-0.3, -0.25) is 0 Å². The van der Waals surface area contributed by atoms with Gasteiger partial charge in [-0.15, -0.1) is 0 Å². The number of nitrogens with zero attached hydrogens (tertiary/aromatic N) is 1. The maximum Gasteiger partial charge on any atom is 0.242 e. The van der Waals surface area contributed by atoms with Gasteiger partial charge >= 0.3 is 0 Å². The number of aliphatic hydroxyl groups excluding tert-OH is 1. The first-order valence-electron chi connectivity index (χ1n) is 7.74. The van der Waals surface area contributed by atoms with Crippen molar-refractivity contribution in [1.82, 2.24) is 9.29 Å². The lowest BCUT2D eigenvalue weighted by molar-refractivity contribution is 0.272. The number of hydrogen-bond acceptors (Lipinski definition) is 3. The zero-order valence-corrected chi connectivity index (χ0v) is 13.7.